The van der Waals surface area contributed by atoms with Crippen LogP contribution in [-0.2, 0) is 9.59 Å². The van der Waals surface area contributed by atoms with Gasteiger partial charge in [0.15, 0.2) is 0 Å². The number of carbonyl (C=O) groups excluding carboxylic acids is 3. The molecular weight excluding hydrogens is 244 g/mol. The summed E-state index contributed by atoms with van der Waals surface area (Å²) in [6.07, 6.45) is 4.34. The highest BCUT2D eigenvalue weighted by molar-refractivity contribution is 6.19. The molecule has 2 fully saturated rings. The van der Waals surface area contributed by atoms with Gasteiger partial charge < -0.3 is 0 Å². The van der Waals surface area contributed by atoms with E-state index in [9.17, 15) is 14.4 Å². The van der Waals surface area contributed by atoms with Gasteiger partial charge >= 0.3 is 6.03 Å². The zero-order valence-electron chi connectivity index (χ0n) is 11.9. The standard InChI is InChI=1S/C14H22N2O3/c1-4-13(8-7-9-13)16-11(18)14(5-2,6-3)10(17)15-12(16)19/h4-9H2,1-3H3,(H,15,17,19). The maximum Gasteiger partial charge on any atom is 0.331 e. The minimum atomic E-state index is -1.06. The highest BCUT2D eigenvalue weighted by Gasteiger charge is 2.58. The van der Waals surface area contributed by atoms with Crippen LogP contribution in [0.15, 0.2) is 0 Å². The van der Waals surface area contributed by atoms with Gasteiger partial charge in [0.05, 0.1) is 5.54 Å². The molecule has 1 saturated carbocycles. The Balaban J connectivity index is 2.41. The van der Waals surface area contributed by atoms with Crippen LogP contribution in [0.4, 0.5) is 4.79 Å². The van der Waals surface area contributed by atoms with Gasteiger partial charge in [0.1, 0.15) is 5.41 Å². The molecule has 1 aliphatic carbocycles. The maximum absolute atomic E-state index is 12.8. The fourth-order valence-corrected chi connectivity index (χ4v) is 3.30. The molecule has 5 heteroatoms. The van der Waals surface area contributed by atoms with E-state index in [0.717, 1.165) is 25.7 Å². The summed E-state index contributed by atoms with van der Waals surface area (Å²) in [4.78, 5) is 38.3. The van der Waals surface area contributed by atoms with Crippen molar-refractivity contribution in [1.29, 1.82) is 0 Å². The van der Waals surface area contributed by atoms with Gasteiger partial charge in [-0.3, -0.25) is 19.8 Å². The van der Waals surface area contributed by atoms with E-state index >= 15 is 0 Å². The van der Waals surface area contributed by atoms with Crippen LogP contribution in [-0.4, -0.2) is 28.3 Å². The monoisotopic (exact) mass is 266 g/mol. The van der Waals surface area contributed by atoms with Gasteiger partial charge in [0.25, 0.3) is 0 Å². The minimum Gasteiger partial charge on any atom is -0.277 e. The largest absolute Gasteiger partial charge is 0.331 e. The van der Waals surface area contributed by atoms with Crippen molar-refractivity contribution < 1.29 is 14.4 Å². The van der Waals surface area contributed by atoms with Crippen molar-refractivity contribution in [3.8, 4) is 0 Å². The van der Waals surface area contributed by atoms with Crippen LogP contribution in [0.25, 0.3) is 0 Å². The van der Waals surface area contributed by atoms with Crippen LogP contribution in [0, 0.1) is 5.41 Å². The molecule has 0 spiro atoms. The normalized spacial score (nSPS) is 25.0. The lowest BCUT2D eigenvalue weighted by molar-refractivity contribution is -0.159. The van der Waals surface area contributed by atoms with Crippen molar-refractivity contribution in [1.82, 2.24) is 10.2 Å². The molecule has 2 aliphatic rings. The Morgan fingerprint density at radius 3 is 2.00 bits per heavy atom. The Morgan fingerprint density at radius 1 is 1.05 bits per heavy atom. The molecule has 0 unspecified atom stereocenters. The highest BCUT2D eigenvalue weighted by Crippen LogP contribution is 2.45. The smallest absolute Gasteiger partial charge is 0.277 e. The third kappa shape index (κ3) is 1.70. The van der Waals surface area contributed by atoms with Crippen molar-refractivity contribution in [2.75, 3.05) is 0 Å². The summed E-state index contributed by atoms with van der Waals surface area (Å²) in [7, 11) is 0. The number of carbonyl (C=O) groups is 3. The van der Waals surface area contributed by atoms with Crippen LogP contribution >= 0.6 is 0 Å². The summed E-state index contributed by atoms with van der Waals surface area (Å²) in [6, 6.07) is -0.533. The van der Waals surface area contributed by atoms with E-state index in [0.29, 0.717) is 12.8 Å². The summed E-state index contributed by atoms with van der Waals surface area (Å²) >= 11 is 0. The number of barbiturate groups is 1. The van der Waals surface area contributed by atoms with Crippen molar-refractivity contribution in [3.63, 3.8) is 0 Å². The van der Waals surface area contributed by atoms with Crippen LogP contribution in [0.5, 0.6) is 0 Å². The number of urea groups is 1. The van der Waals surface area contributed by atoms with Crippen LogP contribution < -0.4 is 5.32 Å². The number of hydrogen-bond acceptors (Lipinski definition) is 3. The van der Waals surface area contributed by atoms with Gasteiger partial charge in [0, 0.05) is 0 Å². The van der Waals surface area contributed by atoms with E-state index in [4.69, 9.17) is 0 Å². The van der Waals surface area contributed by atoms with E-state index in [1.807, 2.05) is 20.8 Å². The van der Waals surface area contributed by atoms with Crippen molar-refractivity contribution in [3.05, 3.63) is 0 Å². The third-order valence-corrected chi connectivity index (χ3v) is 5.09. The lowest BCUT2D eigenvalue weighted by Gasteiger charge is -2.52. The maximum atomic E-state index is 12.8. The molecule has 19 heavy (non-hydrogen) atoms. The van der Waals surface area contributed by atoms with E-state index in [-0.39, 0.29) is 11.4 Å². The van der Waals surface area contributed by atoms with E-state index in [1.165, 1.54) is 4.90 Å². The zero-order chi connectivity index (χ0) is 14.3. The lowest BCUT2D eigenvalue weighted by atomic mass is 9.70. The molecule has 0 radical (unpaired) electrons. The third-order valence-electron chi connectivity index (χ3n) is 5.09. The lowest BCUT2D eigenvalue weighted by Crippen LogP contribution is -2.71. The van der Waals surface area contributed by atoms with E-state index in [1.54, 1.807) is 0 Å². The second-order valence-electron chi connectivity index (χ2n) is 5.62. The topological polar surface area (TPSA) is 66.5 Å². The number of hydrogen-bond donors (Lipinski definition) is 1. The molecule has 1 saturated heterocycles. The first-order chi connectivity index (χ1) is 8.97. The molecule has 0 aromatic heterocycles. The summed E-state index contributed by atoms with van der Waals surface area (Å²) in [6.45, 7) is 5.65. The Labute approximate surface area is 113 Å². The molecule has 106 valence electrons. The molecular formula is C14H22N2O3. The molecule has 0 aromatic carbocycles. The number of nitrogens with one attached hydrogen (secondary N) is 1. The van der Waals surface area contributed by atoms with Gasteiger partial charge in [-0.25, -0.2) is 4.79 Å². The van der Waals surface area contributed by atoms with Crippen LogP contribution in [0.3, 0.4) is 0 Å². The van der Waals surface area contributed by atoms with Crippen LogP contribution in [0.2, 0.25) is 0 Å². The second-order valence-corrected chi connectivity index (χ2v) is 5.62. The molecule has 1 aliphatic heterocycles. The number of rotatable bonds is 4. The first-order valence-corrected chi connectivity index (χ1v) is 7.17. The zero-order valence-corrected chi connectivity index (χ0v) is 11.9. The summed E-state index contributed by atoms with van der Waals surface area (Å²) in [5.41, 5.74) is -1.43. The summed E-state index contributed by atoms with van der Waals surface area (Å²) < 4.78 is 0. The molecule has 5 nitrogen and oxygen atoms in total. The average molecular weight is 266 g/mol. The highest BCUT2D eigenvalue weighted by atomic mass is 16.2. The Morgan fingerprint density at radius 2 is 1.63 bits per heavy atom. The van der Waals surface area contributed by atoms with E-state index < -0.39 is 17.4 Å². The fourth-order valence-electron chi connectivity index (χ4n) is 3.30. The average Bonchev–Trinajstić information content (AvgIpc) is 2.34. The van der Waals surface area contributed by atoms with Gasteiger partial charge in [0.2, 0.25) is 11.8 Å². The first-order valence-electron chi connectivity index (χ1n) is 7.17. The molecule has 1 heterocycles. The summed E-state index contributed by atoms with van der Waals surface area (Å²) in [5, 5.41) is 2.39. The molecule has 0 aromatic rings. The SMILES string of the molecule is CCC1(CC)C(=O)NC(=O)N(C2(CC)CCC2)C1=O. The molecule has 0 atom stereocenters. The predicted molar refractivity (Wildman–Crippen MR) is 70.3 cm³/mol. The van der Waals surface area contributed by atoms with Gasteiger partial charge in [-0.1, -0.05) is 20.8 Å². The number of imide groups is 2. The number of nitrogens with zero attached hydrogens (tertiary/aromatic N) is 1. The molecule has 4 amide bonds. The van der Waals surface area contributed by atoms with Gasteiger partial charge in [-0.15, -0.1) is 0 Å². The number of amides is 4. The molecule has 1 N–H and O–H groups in total. The van der Waals surface area contributed by atoms with Gasteiger partial charge in [-0.05, 0) is 38.5 Å². The first kappa shape index (κ1) is 14.0. The van der Waals surface area contributed by atoms with Crippen LogP contribution in [0.1, 0.15) is 59.3 Å². The minimum absolute atomic E-state index is 0.298. The van der Waals surface area contributed by atoms with E-state index in [2.05, 4.69) is 5.32 Å². The quantitative estimate of drug-likeness (QED) is 0.793. The van der Waals surface area contributed by atoms with Gasteiger partial charge in [-0.2, -0.15) is 0 Å². The van der Waals surface area contributed by atoms with Crippen molar-refractivity contribution >= 4 is 17.8 Å². The predicted octanol–water partition coefficient (Wildman–Crippen LogP) is 2.20. The second kappa shape index (κ2) is 4.62. The molecule has 2 rings (SSSR count). The van der Waals surface area contributed by atoms with Crippen molar-refractivity contribution in [2.24, 2.45) is 5.41 Å². The molecule has 0 bridgehead atoms. The Bertz CT molecular complexity index is 417. The fraction of sp³-hybridized carbons (Fsp3) is 0.786. The summed E-state index contributed by atoms with van der Waals surface area (Å²) in [5.74, 6) is -0.734. The Hall–Kier alpha value is -1.39. The Kier molecular flexibility index (Phi) is 3.41. The van der Waals surface area contributed by atoms with Crippen molar-refractivity contribution in [2.45, 2.75) is 64.8 Å².